The molecule has 0 radical (unpaired) electrons. The number of nitrogens with one attached hydrogen (secondary N) is 1. The highest BCUT2D eigenvalue weighted by Crippen LogP contribution is 2.30. The lowest BCUT2D eigenvalue weighted by Gasteiger charge is -2.34. The summed E-state index contributed by atoms with van der Waals surface area (Å²) in [6, 6.07) is 2.50. The van der Waals surface area contributed by atoms with Crippen LogP contribution in [-0.2, 0) is 4.79 Å². The monoisotopic (exact) mass is 250 g/mol. The summed E-state index contributed by atoms with van der Waals surface area (Å²) in [5, 5.41) is 12.4. The Morgan fingerprint density at radius 1 is 1.28 bits per heavy atom. The molecule has 0 aliphatic heterocycles. The van der Waals surface area contributed by atoms with E-state index in [1.807, 2.05) is 13.8 Å². The number of carbonyl (C=O) groups is 1. The van der Waals surface area contributed by atoms with Gasteiger partial charge in [0.15, 0.2) is 0 Å². The third kappa shape index (κ3) is 3.04. The van der Waals surface area contributed by atoms with E-state index < -0.39 is 5.41 Å². The third-order valence-corrected chi connectivity index (χ3v) is 4.61. The van der Waals surface area contributed by atoms with Gasteiger partial charge in [-0.3, -0.25) is 4.79 Å². The molecule has 0 bridgehead atoms. The molecule has 1 aliphatic rings. The number of carbonyl (C=O) groups excluding carboxylic acids is 1. The third-order valence-electron chi connectivity index (χ3n) is 4.61. The molecule has 0 aromatic carbocycles. The largest absolute Gasteiger partial charge is 0.352 e. The molecule has 1 saturated carbocycles. The van der Waals surface area contributed by atoms with Crippen molar-refractivity contribution in [3.63, 3.8) is 0 Å². The van der Waals surface area contributed by atoms with Gasteiger partial charge >= 0.3 is 0 Å². The maximum Gasteiger partial charge on any atom is 0.240 e. The highest BCUT2D eigenvalue weighted by molar-refractivity contribution is 5.85. The first-order valence-electron chi connectivity index (χ1n) is 7.35. The fourth-order valence-corrected chi connectivity index (χ4v) is 2.97. The molecule has 2 unspecified atom stereocenters. The lowest BCUT2D eigenvalue weighted by Crippen LogP contribution is -2.48. The maximum absolute atomic E-state index is 12.4. The molecule has 0 heterocycles. The molecule has 2 atom stereocenters. The van der Waals surface area contributed by atoms with Crippen LogP contribution in [-0.4, -0.2) is 11.9 Å². The van der Waals surface area contributed by atoms with Crippen LogP contribution < -0.4 is 5.32 Å². The van der Waals surface area contributed by atoms with E-state index in [9.17, 15) is 10.1 Å². The van der Waals surface area contributed by atoms with Crippen LogP contribution in [0.5, 0.6) is 0 Å². The molecule has 0 saturated heterocycles. The molecule has 1 rings (SSSR count). The van der Waals surface area contributed by atoms with Crippen molar-refractivity contribution < 1.29 is 4.79 Å². The number of rotatable bonds is 5. The van der Waals surface area contributed by atoms with E-state index >= 15 is 0 Å². The van der Waals surface area contributed by atoms with Gasteiger partial charge in [-0.15, -0.1) is 0 Å². The van der Waals surface area contributed by atoms with Crippen LogP contribution in [0.15, 0.2) is 0 Å². The first-order chi connectivity index (χ1) is 8.63. The number of amides is 1. The summed E-state index contributed by atoms with van der Waals surface area (Å²) < 4.78 is 0. The first-order valence-corrected chi connectivity index (χ1v) is 7.35. The highest BCUT2D eigenvalue weighted by Gasteiger charge is 2.37. The lowest BCUT2D eigenvalue weighted by atomic mass is 9.79. The van der Waals surface area contributed by atoms with E-state index in [1.165, 1.54) is 19.3 Å². The van der Waals surface area contributed by atoms with Gasteiger partial charge in [-0.05, 0) is 31.6 Å². The highest BCUT2D eigenvalue weighted by atomic mass is 16.2. The van der Waals surface area contributed by atoms with Crippen molar-refractivity contribution >= 4 is 5.91 Å². The summed E-state index contributed by atoms with van der Waals surface area (Å²) in [6.45, 7) is 6.03. The second kappa shape index (κ2) is 6.78. The zero-order valence-corrected chi connectivity index (χ0v) is 12.0. The number of nitrogens with zero attached hydrogens (tertiary/aromatic N) is 1. The first kappa shape index (κ1) is 15.0. The van der Waals surface area contributed by atoms with Crippen LogP contribution in [0.1, 0.15) is 65.7 Å². The van der Waals surface area contributed by atoms with Gasteiger partial charge in [0.1, 0.15) is 5.41 Å². The fraction of sp³-hybridized carbons (Fsp3) is 0.867. The van der Waals surface area contributed by atoms with Crippen LogP contribution in [0.2, 0.25) is 0 Å². The molecule has 0 aromatic heterocycles. The van der Waals surface area contributed by atoms with Gasteiger partial charge in [-0.1, -0.05) is 40.0 Å². The van der Waals surface area contributed by atoms with Crippen molar-refractivity contribution in [2.24, 2.45) is 11.3 Å². The Hall–Kier alpha value is -1.04. The van der Waals surface area contributed by atoms with Gasteiger partial charge in [0.25, 0.3) is 0 Å². The molecular weight excluding hydrogens is 224 g/mol. The summed E-state index contributed by atoms with van der Waals surface area (Å²) in [5.74, 6) is 0.535. The second-order valence-corrected chi connectivity index (χ2v) is 5.43. The van der Waals surface area contributed by atoms with E-state index in [2.05, 4.69) is 18.3 Å². The van der Waals surface area contributed by atoms with E-state index in [1.54, 1.807) is 0 Å². The Morgan fingerprint density at radius 2 is 1.89 bits per heavy atom. The average molecular weight is 250 g/mol. The zero-order chi connectivity index (χ0) is 13.6. The Kier molecular flexibility index (Phi) is 5.65. The topological polar surface area (TPSA) is 52.9 Å². The van der Waals surface area contributed by atoms with Crippen molar-refractivity contribution in [2.75, 3.05) is 0 Å². The van der Waals surface area contributed by atoms with Crippen molar-refractivity contribution in [3.8, 4) is 6.07 Å². The Balaban J connectivity index is 2.70. The molecule has 3 heteroatoms. The molecule has 0 spiro atoms. The second-order valence-electron chi connectivity index (χ2n) is 5.43. The van der Waals surface area contributed by atoms with Gasteiger partial charge in [0.05, 0.1) is 6.07 Å². The molecule has 1 fully saturated rings. The maximum atomic E-state index is 12.4. The van der Waals surface area contributed by atoms with E-state index in [-0.39, 0.29) is 11.9 Å². The van der Waals surface area contributed by atoms with Crippen molar-refractivity contribution in [1.29, 1.82) is 5.26 Å². The van der Waals surface area contributed by atoms with Crippen LogP contribution in [0.3, 0.4) is 0 Å². The lowest BCUT2D eigenvalue weighted by molar-refractivity contribution is -0.129. The van der Waals surface area contributed by atoms with Crippen molar-refractivity contribution in [2.45, 2.75) is 71.8 Å². The quantitative estimate of drug-likeness (QED) is 0.813. The van der Waals surface area contributed by atoms with Crippen LogP contribution >= 0.6 is 0 Å². The molecule has 102 valence electrons. The van der Waals surface area contributed by atoms with Gasteiger partial charge in [0.2, 0.25) is 5.91 Å². The molecule has 1 N–H and O–H groups in total. The van der Waals surface area contributed by atoms with Crippen LogP contribution in [0.25, 0.3) is 0 Å². The van der Waals surface area contributed by atoms with Crippen LogP contribution in [0, 0.1) is 22.7 Å². The minimum atomic E-state index is -0.824. The Bertz CT molecular complexity index is 315. The minimum Gasteiger partial charge on any atom is -0.352 e. The summed E-state index contributed by atoms with van der Waals surface area (Å²) in [5.41, 5.74) is -0.824. The van der Waals surface area contributed by atoms with Gasteiger partial charge in [0, 0.05) is 6.04 Å². The predicted molar refractivity (Wildman–Crippen MR) is 72.8 cm³/mol. The van der Waals surface area contributed by atoms with Gasteiger partial charge in [-0.2, -0.15) is 5.26 Å². The van der Waals surface area contributed by atoms with Gasteiger partial charge in [-0.25, -0.2) is 0 Å². The normalized spacial score (nSPS) is 24.3. The molecule has 1 amide bonds. The molecule has 18 heavy (non-hydrogen) atoms. The van der Waals surface area contributed by atoms with E-state index in [0.29, 0.717) is 18.8 Å². The molecule has 1 aliphatic carbocycles. The SMILES string of the molecule is CCC1CCCCC1NC(=O)C(C#N)(CC)CC. The minimum absolute atomic E-state index is 0.0552. The Morgan fingerprint density at radius 3 is 2.39 bits per heavy atom. The standard InChI is InChI=1S/C15H26N2O/c1-4-12-9-7-8-10-13(12)17-14(18)15(5-2,6-3)11-16/h12-13H,4-10H2,1-3H3,(H,17,18). The zero-order valence-electron chi connectivity index (χ0n) is 12.0. The molecule has 3 nitrogen and oxygen atoms in total. The van der Waals surface area contributed by atoms with Crippen molar-refractivity contribution in [1.82, 2.24) is 5.32 Å². The average Bonchev–Trinajstić information content (AvgIpc) is 2.42. The van der Waals surface area contributed by atoms with E-state index in [0.717, 1.165) is 12.8 Å². The Labute approximate surface area is 111 Å². The molecule has 0 aromatic rings. The smallest absolute Gasteiger partial charge is 0.240 e. The summed E-state index contributed by atoms with van der Waals surface area (Å²) >= 11 is 0. The van der Waals surface area contributed by atoms with E-state index in [4.69, 9.17) is 0 Å². The summed E-state index contributed by atoms with van der Waals surface area (Å²) in [7, 11) is 0. The number of nitriles is 1. The number of hydrogen-bond donors (Lipinski definition) is 1. The predicted octanol–water partition coefficient (Wildman–Crippen LogP) is 3.40. The summed E-state index contributed by atoms with van der Waals surface area (Å²) in [6.07, 6.45) is 7.04. The summed E-state index contributed by atoms with van der Waals surface area (Å²) in [4.78, 5) is 12.4. The van der Waals surface area contributed by atoms with Crippen molar-refractivity contribution in [3.05, 3.63) is 0 Å². The fourth-order valence-electron chi connectivity index (χ4n) is 2.97. The number of hydrogen-bond acceptors (Lipinski definition) is 2. The molecular formula is C15H26N2O. The van der Waals surface area contributed by atoms with Gasteiger partial charge < -0.3 is 5.32 Å². The van der Waals surface area contributed by atoms with Crippen LogP contribution in [0.4, 0.5) is 0 Å².